The van der Waals surface area contributed by atoms with E-state index >= 15 is 0 Å². The van der Waals surface area contributed by atoms with Crippen LogP contribution in [0.15, 0.2) is 44.2 Å². The minimum absolute atomic E-state index is 0.0862. The summed E-state index contributed by atoms with van der Waals surface area (Å²) in [7, 11) is 1.67. The van der Waals surface area contributed by atoms with Crippen molar-refractivity contribution in [1.82, 2.24) is 14.9 Å². The molecule has 0 bridgehead atoms. The Labute approximate surface area is 140 Å². The largest absolute Gasteiger partial charge is 0.467 e. The molecule has 3 heterocycles. The standard InChI is InChI=1S/C15H15N3O3S2/c1-9(11-4-3-6-21-11)16-12(19)8-23-15-17-10-5-7-22-13(10)14(20)18(15)2/h3-7,9H,8H2,1-2H3,(H,16,19)/t9-/m0/s1. The number of thiophene rings is 1. The molecule has 0 aliphatic heterocycles. The summed E-state index contributed by atoms with van der Waals surface area (Å²) in [6.45, 7) is 1.85. The number of amides is 1. The molecule has 3 aromatic rings. The summed E-state index contributed by atoms with van der Waals surface area (Å²) in [4.78, 5) is 28.7. The van der Waals surface area contributed by atoms with Gasteiger partial charge in [0.1, 0.15) is 10.5 Å². The normalized spacial score (nSPS) is 12.4. The molecule has 0 aromatic carbocycles. The highest BCUT2D eigenvalue weighted by molar-refractivity contribution is 7.99. The minimum Gasteiger partial charge on any atom is -0.467 e. The van der Waals surface area contributed by atoms with Gasteiger partial charge in [0, 0.05) is 7.05 Å². The van der Waals surface area contributed by atoms with E-state index in [1.807, 2.05) is 24.4 Å². The Balaban J connectivity index is 1.67. The molecular formula is C15H15N3O3S2. The Morgan fingerprint density at radius 2 is 2.35 bits per heavy atom. The number of fused-ring (bicyclic) bond motifs is 1. The van der Waals surface area contributed by atoms with Crippen LogP contribution in [0.1, 0.15) is 18.7 Å². The SMILES string of the molecule is C[C@H](NC(=O)CSc1nc2ccsc2c(=O)n1C)c1ccco1. The molecule has 3 rings (SSSR count). The number of rotatable bonds is 5. The van der Waals surface area contributed by atoms with Crippen LogP contribution in [0.5, 0.6) is 0 Å². The lowest BCUT2D eigenvalue weighted by Crippen LogP contribution is -2.28. The highest BCUT2D eigenvalue weighted by Crippen LogP contribution is 2.20. The number of hydrogen-bond acceptors (Lipinski definition) is 6. The summed E-state index contributed by atoms with van der Waals surface area (Å²) in [5.74, 6) is 0.744. The Morgan fingerprint density at radius 1 is 1.52 bits per heavy atom. The monoisotopic (exact) mass is 349 g/mol. The highest BCUT2D eigenvalue weighted by atomic mass is 32.2. The van der Waals surface area contributed by atoms with Crippen LogP contribution >= 0.6 is 23.1 Å². The van der Waals surface area contributed by atoms with Crippen LogP contribution in [0.25, 0.3) is 10.2 Å². The fourth-order valence-electron chi connectivity index (χ4n) is 2.12. The quantitative estimate of drug-likeness (QED) is 0.566. The molecule has 0 radical (unpaired) electrons. The van der Waals surface area contributed by atoms with Gasteiger partial charge in [0.25, 0.3) is 5.56 Å². The average molecular weight is 349 g/mol. The topological polar surface area (TPSA) is 77.1 Å². The minimum atomic E-state index is -0.200. The maximum Gasteiger partial charge on any atom is 0.271 e. The lowest BCUT2D eigenvalue weighted by Gasteiger charge is -2.11. The van der Waals surface area contributed by atoms with Crippen molar-refractivity contribution < 1.29 is 9.21 Å². The number of carbonyl (C=O) groups is 1. The highest BCUT2D eigenvalue weighted by Gasteiger charge is 2.14. The molecule has 0 unspecified atom stereocenters. The van der Waals surface area contributed by atoms with Gasteiger partial charge in [0.2, 0.25) is 5.91 Å². The third-order valence-corrected chi connectivity index (χ3v) is 5.25. The zero-order valence-electron chi connectivity index (χ0n) is 12.6. The molecule has 6 nitrogen and oxygen atoms in total. The summed E-state index contributed by atoms with van der Waals surface area (Å²) in [5, 5.41) is 5.22. The molecule has 1 atom stereocenters. The van der Waals surface area contributed by atoms with Crippen molar-refractivity contribution in [3.05, 3.63) is 46.0 Å². The van der Waals surface area contributed by atoms with E-state index in [1.165, 1.54) is 27.7 Å². The number of aromatic nitrogens is 2. The van der Waals surface area contributed by atoms with Crippen LogP contribution < -0.4 is 10.9 Å². The van der Waals surface area contributed by atoms with E-state index in [0.29, 0.717) is 21.1 Å². The second-order valence-electron chi connectivity index (χ2n) is 4.99. The molecule has 0 aliphatic rings. The zero-order chi connectivity index (χ0) is 16.4. The lowest BCUT2D eigenvalue weighted by molar-refractivity contribution is -0.119. The van der Waals surface area contributed by atoms with E-state index in [2.05, 4.69) is 10.3 Å². The van der Waals surface area contributed by atoms with Crippen molar-refractivity contribution in [3.8, 4) is 0 Å². The fraction of sp³-hybridized carbons (Fsp3) is 0.267. The molecule has 3 aromatic heterocycles. The zero-order valence-corrected chi connectivity index (χ0v) is 14.2. The van der Waals surface area contributed by atoms with Gasteiger partial charge in [-0.15, -0.1) is 11.3 Å². The molecule has 0 fully saturated rings. The van der Waals surface area contributed by atoms with Gasteiger partial charge in [-0.25, -0.2) is 4.98 Å². The van der Waals surface area contributed by atoms with Crippen LogP contribution in [0.3, 0.4) is 0 Å². The number of carbonyl (C=O) groups excluding carboxylic acids is 1. The second-order valence-corrected chi connectivity index (χ2v) is 6.85. The van der Waals surface area contributed by atoms with Crippen LogP contribution in [-0.2, 0) is 11.8 Å². The van der Waals surface area contributed by atoms with Crippen LogP contribution in [0.2, 0.25) is 0 Å². The van der Waals surface area contributed by atoms with Crippen molar-refractivity contribution in [2.45, 2.75) is 18.1 Å². The van der Waals surface area contributed by atoms with Crippen LogP contribution in [-0.4, -0.2) is 21.2 Å². The van der Waals surface area contributed by atoms with E-state index < -0.39 is 0 Å². The third-order valence-electron chi connectivity index (χ3n) is 3.33. The van der Waals surface area contributed by atoms with E-state index in [-0.39, 0.29) is 23.3 Å². The molecule has 0 aliphatic carbocycles. The summed E-state index contributed by atoms with van der Waals surface area (Å²) in [6, 6.07) is 5.20. The van der Waals surface area contributed by atoms with E-state index in [4.69, 9.17) is 4.42 Å². The molecule has 8 heteroatoms. The number of nitrogens with zero attached hydrogens (tertiary/aromatic N) is 2. The fourth-order valence-corrected chi connectivity index (χ4v) is 3.71. The Hall–Kier alpha value is -2.06. The van der Waals surface area contributed by atoms with Crippen molar-refractivity contribution in [3.63, 3.8) is 0 Å². The summed E-state index contributed by atoms with van der Waals surface area (Å²) in [6.07, 6.45) is 1.57. The first-order chi connectivity index (χ1) is 11.1. The van der Waals surface area contributed by atoms with Gasteiger partial charge in [0.05, 0.1) is 23.6 Å². The van der Waals surface area contributed by atoms with Gasteiger partial charge < -0.3 is 9.73 Å². The maximum atomic E-state index is 12.2. The summed E-state index contributed by atoms with van der Waals surface area (Å²) < 4.78 is 7.37. The summed E-state index contributed by atoms with van der Waals surface area (Å²) in [5.41, 5.74) is 0.585. The van der Waals surface area contributed by atoms with Crippen molar-refractivity contribution in [2.75, 3.05) is 5.75 Å². The third kappa shape index (κ3) is 3.32. The predicted molar refractivity (Wildman–Crippen MR) is 90.9 cm³/mol. The molecule has 120 valence electrons. The Morgan fingerprint density at radius 3 is 3.09 bits per heavy atom. The van der Waals surface area contributed by atoms with Crippen LogP contribution in [0, 0.1) is 0 Å². The molecule has 0 spiro atoms. The van der Waals surface area contributed by atoms with E-state index in [9.17, 15) is 9.59 Å². The van der Waals surface area contributed by atoms with Gasteiger partial charge >= 0.3 is 0 Å². The summed E-state index contributed by atoms with van der Waals surface area (Å²) >= 11 is 2.61. The van der Waals surface area contributed by atoms with Crippen molar-refractivity contribution >= 4 is 39.2 Å². The van der Waals surface area contributed by atoms with Crippen molar-refractivity contribution in [1.29, 1.82) is 0 Å². The number of nitrogens with one attached hydrogen (secondary N) is 1. The Kier molecular flexibility index (Phi) is 4.53. The smallest absolute Gasteiger partial charge is 0.271 e. The van der Waals surface area contributed by atoms with Gasteiger partial charge in [-0.1, -0.05) is 11.8 Å². The predicted octanol–water partition coefficient (Wildman–Crippen LogP) is 2.56. The molecule has 0 saturated carbocycles. The van der Waals surface area contributed by atoms with Gasteiger partial charge in [-0.3, -0.25) is 14.2 Å². The first-order valence-corrected chi connectivity index (χ1v) is 8.82. The molecular weight excluding hydrogens is 334 g/mol. The maximum absolute atomic E-state index is 12.2. The van der Waals surface area contributed by atoms with Gasteiger partial charge in [-0.2, -0.15) is 0 Å². The van der Waals surface area contributed by atoms with Crippen molar-refractivity contribution in [2.24, 2.45) is 7.05 Å². The number of thioether (sulfide) groups is 1. The second kappa shape index (κ2) is 6.59. The first-order valence-electron chi connectivity index (χ1n) is 6.96. The molecule has 1 amide bonds. The average Bonchev–Trinajstić information content (AvgIpc) is 3.20. The number of furan rings is 1. The van der Waals surface area contributed by atoms with Gasteiger partial charge in [-0.05, 0) is 30.5 Å². The molecule has 1 N–H and O–H groups in total. The Bertz CT molecular complexity index is 883. The van der Waals surface area contributed by atoms with Crippen LogP contribution in [0.4, 0.5) is 0 Å². The van der Waals surface area contributed by atoms with E-state index in [0.717, 1.165) is 0 Å². The lowest BCUT2D eigenvalue weighted by atomic mass is 10.2. The molecule has 23 heavy (non-hydrogen) atoms. The van der Waals surface area contributed by atoms with E-state index in [1.54, 1.807) is 19.4 Å². The molecule has 0 saturated heterocycles. The first kappa shape index (κ1) is 15.8. The van der Waals surface area contributed by atoms with Gasteiger partial charge in [0.15, 0.2) is 5.16 Å². The number of hydrogen-bond donors (Lipinski definition) is 1.